The number of methoxy groups -OCH3 is 2. The monoisotopic (exact) mass is 388 g/mol. The molecule has 0 aromatic heterocycles. The zero-order chi connectivity index (χ0) is 20.8. The maximum atomic E-state index is 12.4. The first-order valence-corrected chi connectivity index (χ1v) is 9.38. The summed E-state index contributed by atoms with van der Waals surface area (Å²) in [5, 5.41) is 0. The molecule has 3 rings (SSSR count). The van der Waals surface area contributed by atoms with E-state index in [1.807, 2.05) is 73.7 Å². The molecule has 4 heteroatoms. The molecule has 0 aliphatic carbocycles. The van der Waals surface area contributed by atoms with E-state index in [2.05, 4.69) is 6.58 Å². The summed E-state index contributed by atoms with van der Waals surface area (Å²) in [5.41, 5.74) is 4.12. The zero-order valence-electron chi connectivity index (χ0n) is 16.9. The van der Waals surface area contributed by atoms with E-state index in [1.165, 1.54) is 0 Å². The summed E-state index contributed by atoms with van der Waals surface area (Å²) in [4.78, 5) is 12.4. The number of carbonyl (C=O) groups is 1. The van der Waals surface area contributed by atoms with Crippen molar-refractivity contribution >= 4 is 5.97 Å². The van der Waals surface area contributed by atoms with Crippen molar-refractivity contribution in [1.82, 2.24) is 0 Å². The van der Waals surface area contributed by atoms with Crippen LogP contribution < -0.4 is 14.2 Å². The minimum atomic E-state index is -0.422. The second-order valence-electron chi connectivity index (χ2n) is 6.51. The number of carbonyl (C=O) groups excluding carboxylic acids is 1. The molecule has 0 bridgehead atoms. The molecule has 148 valence electrons. The van der Waals surface area contributed by atoms with Crippen molar-refractivity contribution in [2.24, 2.45) is 0 Å². The molecule has 4 nitrogen and oxygen atoms in total. The van der Waals surface area contributed by atoms with Crippen LogP contribution in [0.4, 0.5) is 0 Å². The van der Waals surface area contributed by atoms with Gasteiger partial charge in [-0.3, -0.25) is 0 Å². The maximum absolute atomic E-state index is 12.4. The molecule has 0 saturated heterocycles. The summed E-state index contributed by atoms with van der Waals surface area (Å²) in [6.45, 7) is 5.67. The van der Waals surface area contributed by atoms with E-state index in [9.17, 15) is 4.79 Å². The Balaban J connectivity index is 2.04. The summed E-state index contributed by atoms with van der Waals surface area (Å²) >= 11 is 0. The molecular formula is C25H24O4. The van der Waals surface area contributed by atoms with Crippen molar-refractivity contribution in [3.63, 3.8) is 0 Å². The van der Waals surface area contributed by atoms with Crippen LogP contribution in [0.2, 0.25) is 0 Å². The molecule has 0 N–H and O–H groups in total. The Bertz CT molecular complexity index is 1000. The molecule has 0 saturated carbocycles. The van der Waals surface area contributed by atoms with Gasteiger partial charge in [0, 0.05) is 11.1 Å². The summed E-state index contributed by atoms with van der Waals surface area (Å²) in [6.07, 6.45) is 0.537. The summed E-state index contributed by atoms with van der Waals surface area (Å²) in [5.74, 6) is 1.62. The van der Waals surface area contributed by atoms with Crippen molar-refractivity contribution in [1.29, 1.82) is 0 Å². The quantitative estimate of drug-likeness (QED) is 0.287. The van der Waals surface area contributed by atoms with Gasteiger partial charge in [-0.1, -0.05) is 49.9 Å². The van der Waals surface area contributed by atoms with Crippen LogP contribution in [0.5, 0.6) is 17.2 Å². The van der Waals surface area contributed by atoms with E-state index in [-0.39, 0.29) is 0 Å². The first-order valence-electron chi connectivity index (χ1n) is 9.38. The molecule has 0 spiro atoms. The summed E-state index contributed by atoms with van der Waals surface area (Å²) in [7, 11) is 3.26. The molecule has 0 heterocycles. The Labute approximate surface area is 171 Å². The molecular weight excluding hydrogens is 364 g/mol. The molecule has 29 heavy (non-hydrogen) atoms. The lowest BCUT2D eigenvalue weighted by molar-refractivity contribution is -0.130. The normalized spacial score (nSPS) is 10.3. The van der Waals surface area contributed by atoms with E-state index >= 15 is 0 Å². The van der Waals surface area contributed by atoms with E-state index in [0.29, 0.717) is 17.7 Å². The largest absolute Gasteiger partial charge is 0.497 e. The molecule has 0 fully saturated rings. The van der Waals surface area contributed by atoms with E-state index in [1.54, 1.807) is 14.2 Å². The van der Waals surface area contributed by atoms with Crippen LogP contribution in [0.3, 0.4) is 0 Å². The van der Waals surface area contributed by atoms with Crippen LogP contribution in [0, 0.1) is 0 Å². The lowest BCUT2D eigenvalue weighted by Crippen LogP contribution is -2.10. The van der Waals surface area contributed by atoms with Crippen LogP contribution >= 0.6 is 0 Å². The number of benzene rings is 3. The van der Waals surface area contributed by atoms with Crippen molar-refractivity contribution < 1.29 is 19.0 Å². The van der Waals surface area contributed by atoms with Crippen molar-refractivity contribution in [3.8, 4) is 39.5 Å². The van der Waals surface area contributed by atoms with Crippen LogP contribution in [0.1, 0.15) is 13.3 Å². The highest BCUT2D eigenvalue weighted by atomic mass is 16.5. The first kappa shape index (κ1) is 20.2. The van der Waals surface area contributed by atoms with Gasteiger partial charge in [0.05, 0.1) is 14.2 Å². The number of rotatable bonds is 7. The molecule has 0 aliphatic heterocycles. The van der Waals surface area contributed by atoms with E-state index in [4.69, 9.17) is 14.2 Å². The highest BCUT2D eigenvalue weighted by Crippen LogP contribution is 2.36. The first-order chi connectivity index (χ1) is 14.0. The number of ether oxygens (including phenoxy) is 3. The summed E-state index contributed by atoms with van der Waals surface area (Å²) < 4.78 is 16.2. The highest BCUT2D eigenvalue weighted by Gasteiger charge is 2.15. The van der Waals surface area contributed by atoms with Gasteiger partial charge in [0.1, 0.15) is 17.2 Å². The van der Waals surface area contributed by atoms with Gasteiger partial charge in [0.25, 0.3) is 0 Å². The Morgan fingerprint density at radius 2 is 1.31 bits per heavy atom. The number of hydrogen-bond donors (Lipinski definition) is 0. The van der Waals surface area contributed by atoms with Gasteiger partial charge >= 0.3 is 5.97 Å². The second-order valence-corrected chi connectivity index (χ2v) is 6.51. The average Bonchev–Trinajstić information content (AvgIpc) is 2.78. The van der Waals surface area contributed by atoms with Gasteiger partial charge in [-0.25, -0.2) is 4.79 Å². The van der Waals surface area contributed by atoms with Crippen molar-refractivity contribution in [2.75, 3.05) is 14.2 Å². The smallest absolute Gasteiger partial charge is 0.338 e. The molecule has 3 aromatic carbocycles. The average molecular weight is 388 g/mol. The molecule has 3 aromatic rings. The van der Waals surface area contributed by atoms with Gasteiger partial charge in [0.15, 0.2) is 0 Å². The van der Waals surface area contributed by atoms with Crippen LogP contribution in [0.25, 0.3) is 22.3 Å². The molecule has 0 aliphatic rings. The van der Waals surface area contributed by atoms with Crippen LogP contribution in [-0.4, -0.2) is 20.2 Å². The Kier molecular flexibility index (Phi) is 6.35. The highest BCUT2D eigenvalue weighted by molar-refractivity contribution is 5.91. The fourth-order valence-electron chi connectivity index (χ4n) is 2.90. The van der Waals surface area contributed by atoms with E-state index in [0.717, 1.165) is 33.8 Å². The molecule has 0 radical (unpaired) electrons. The molecule has 0 amide bonds. The fourth-order valence-corrected chi connectivity index (χ4v) is 2.90. The topological polar surface area (TPSA) is 44.8 Å². The van der Waals surface area contributed by atoms with Gasteiger partial charge in [0.2, 0.25) is 0 Å². The van der Waals surface area contributed by atoms with Gasteiger partial charge in [-0.2, -0.15) is 0 Å². The lowest BCUT2D eigenvalue weighted by atomic mass is 9.99. The predicted molar refractivity (Wildman–Crippen MR) is 115 cm³/mol. The Morgan fingerprint density at radius 3 is 1.83 bits per heavy atom. The van der Waals surface area contributed by atoms with E-state index < -0.39 is 5.97 Å². The second kappa shape index (κ2) is 9.11. The lowest BCUT2D eigenvalue weighted by Gasteiger charge is -2.14. The van der Waals surface area contributed by atoms with Crippen LogP contribution in [-0.2, 0) is 4.79 Å². The standard InChI is InChI=1S/C25H24O4/c1-5-17(2)25(26)29-24-16-20(18-6-11-21(27-3)12-7-18)10-15-23(24)19-8-13-22(28-4)14-9-19/h6-16H,2,5H2,1,3-4H3. The minimum Gasteiger partial charge on any atom is -0.497 e. The third kappa shape index (κ3) is 4.66. The van der Waals surface area contributed by atoms with Crippen molar-refractivity contribution in [3.05, 3.63) is 78.9 Å². The van der Waals surface area contributed by atoms with Crippen molar-refractivity contribution in [2.45, 2.75) is 13.3 Å². The van der Waals surface area contributed by atoms with Gasteiger partial charge in [-0.15, -0.1) is 0 Å². The van der Waals surface area contributed by atoms with Gasteiger partial charge < -0.3 is 14.2 Å². The van der Waals surface area contributed by atoms with Gasteiger partial charge in [-0.05, 0) is 53.4 Å². The third-order valence-electron chi connectivity index (χ3n) is 4.72. The Hall–Kier alpha value is -3.53. The third-order valence-corrected chi connectivity index (χ3v) is 4.72. The summed E-state index contributed by atoms with van der Waals surface area (Å²) in [6, 6.07) is 21.2. The molecule has 0 unspecified atom stereocenters. The minimum absolute atomic E-state index is 0.422. The molecule has 0 atom stereocenters. The number of esters is 1. The van der Waals surface area contributed by atoms with Crippen LogP contribution in [0.15, 0.2) is 78.9 Å². The fraction of sp³-hybridized carbons (Fsp3) is 0.160. The maximum Gasteiger partial charge on any atom is 0.338 e. The number of hydrogen-bond acceptors (Lipinski definition) is 4. The zero-order valence-corrected chi connectivity index (χ0v) is 16.9. The Morgan fingerprint density at radius 1 is 0.793 bits per heavy atom. The SMILES string of the molecule is C=C(CC)C(=O)Oc1cc(-c2ccc(OC)cc2)ccc1-c1ccc(OC)cc1. The predicted octanol–water partition coefficient (Wildman–Crippen LogP) is 5.91.